The highest BCUT2D eigenvalue weighted by Gasteiger charge is 2.19. The third-order valence-corrected chi connectivity index (χ3v) is 16.1. The zero-order valence-electron chi connectivity index (χ0n) is 53.4. The number of allylic oxidation sites excluding steroid dienone is 6. The Kier molecular flexibility index (Phi) is 66.1. The summed E-state index contributed by atoms with van der Waals surface area (Å²) >= 11 is 0. The maximum absolute atomic E-state index is 12.9. The minimum absolute atomic E-state index is 0.0644. The van der Waals surface area contributed by atoms with Crippen LogP contribution in [0.2, 0.25) is 0 Å². The maximum atomic E-state index is 12.9. The predicted octanol–water partition coefficient (Wildman–Crippen LogP) is 24.3. The molecule has 0 N–H and O–H groups in total. The van der Waals surface area contributed by atoms with Crippen molar-refractivity contribution in [3.63, 3.8) is 0 Å². The van der Waals surface area contributed by atoms with Crippen molar-refractivity contribution < 1.29 is 28.6 Å². The number of unbranched alkanes of at least 4 members (excludes halogenated alkanes) is 49. The van der Waals surface area contributed by atoms with E-state index in [4.69, 9.17) is 14.2 Å². The molecule has 1 atom stereocenters. The average molecular weight is 1110 g/mol. The van der Waals surface area contributed by atoms with Gasteiger partial charge >= 0.3 is 17.9 Å². The number of carbonyl (C=O) groups is 3. The number of esters is 3. The Morgan fingerprint density at radius 2 is 0.456 bits per heavy atom. The van der Waals surface area contributed by atoms with E-state index in [0.29, 0.717) is 19.3 Å². The Hall–Kier alpha value is -2.37. The number of rotatable bonds is 66. The zero-order chi connectivity index (χ0) is 57.1. The molecule has 0 fully saturated rings. The first-order valence-corrected chi connectivity index (χ1v) is 35.5. The van der Waals surface area contributed by atoms with E-state index < -0.39 is 6.10 Å². The van der Waals surface area contributed by atoms with Gasteiger partial charge in [0.1, 0.15) is 13.2 Å². The minimum atomic E-state index is -0.766. The van der Waals surface area contributed by atoms with E-state index in [9.17, 15) is 14.4 Å². The third-order valence-electron chi connectivity index (χ3n) is 16.1. The van der Waals surface area contributed by atoms with Crippen molar-refractivity contribution >= 4 is 17.9 Å². The summed E-state index contributed by atoms with van der Waals surface area (Å²) in [6.07, 6.45) is 84.7. The molecule has 0 bridgehead atoms. The molecule has 6 nitrogen and oxygen atoms in total. The van der Waals surface area contributed by atoms with Crippen LogP contribution < -0.4 is 0 Å². The van der Waals surface area contributed by atoms with Gasteiger partial charge in [-0.25, -0.2) is 0 Å². The summed E-state index contributed by atoms with van der Waals surface area (Å²) in [6, 6.07) is 0. The number of carbonyl (C=O) groups excluding carboxylic acids is 3. The van der Waals surface area contributed by atoms with E-state index in [2.05, 4.69) is 57.2 Å². The molecule has 464 valence electrons. The first-order valence-electron chi connectivity index (χ1n) is 35.5. The molecule has 1 unspecified atom stereocenters. The fourth-order valence-electron chi connectivity index (χ4n) is 10.8. The molecule has 0 aliphatic carbocycles. The molecule has 0 aromatic rings. The van der Waals surface area contributed by atoms with Crippen LogP contribution >= 0.6 is 0 Å². The van der Waals surface area contributed by atoms with Crippen molar-refractivity contribution in [3.8, 4) is 0 Å². The molecule has 0 aromatic heterocycles. The second-order valence-corrected chi connectivity index (χ2v) is 24.2. The second kappa shape index (κ2) is 68.1. The summed E-state index contributed by atoms with van der Waals surface area (Å²) in [5.41, 5.74) is 0. The van der Waals surface area contributed by atoms with Gasteiger partial charge in [-0.3, -0.25) is 14.4 Å². The van der Waals surface area contributed by atoms with Crippen molar-refractivity contribution in [1.82, 2.24) is 0 Å². The first kappa shape index (κ1) is 76.6. The minimum Gasteiger partial charge on any atom is -0.462 e. The number of ether oxygens (including phenoxy) is 3. The average Bonchev–Trinajstić information content (AvgIpc) is 3.45. The summed E-state index contributed by atoms with van der Waals surface area (Å²) in [5.74, 6) is -0.835. The molecular weight excluding hydrogens is 973 g/mol. The largest absolute Gasteiger partial charge is 0.462 e. The lowest BCUT2D eigenvalue weighted by atomic mass is 10.0. The second-order valence-electron chi connectivity index (χ2n) is 24.2. The van der Waals surface area contributed by atoms with Crippen molar-refractivity contribution in [3.05, 3.63) is 36.5 Å². The van der Waals surface area contributed by atoms with E-state index in [-0.39, 0.29) is 31.1 Å². The van der Waals surface area contributed by atoms with Crippen LogP contribution in [0, 0.1) is 0 Å². The van der Waals surface area contributed by atoms with E-state index in [0.717, 1.165) is 70.6 Å². The van der Waals surface area contributed by atoms with Crippen molar-refractivity contribution in [2.75, 3.05) is 13.2 Å². The van der Waals surface area contributed by atoms with Crippen molar-refractivity contribution in [2.24, 2.45) is 0 Å². The molecule has 0 heterocycles. The van der Waals surface area contributed by atoms with Gasteiger partial charge in [0.15, 0.2) is 6.10 Å². The van der Waals surface area contributed by atoms with Crippen molar-refractivity contribution in [1.29, 1.82) is 0 Å². The molecule has 0 radical (unpaired) electrons. The van der Waals surface area contributed by atoms with Gasteiger partial charge < -0.3 is 14.2 Å². The summed E-state index contributed by atoms with van der Waals surface area (Å²) < 4.78 is 17.0. The van der Waals surface area contributed by atoms with Gasteiger partial charge in [-0.1, -0.05) is 353 Å². The summed E-state index contributed by atoms with van der Waals surface area (Å²) in [4.78, 5) is 38.3. The molecule has 0 spiro atoms. The SMILES string of the molecule is CCCCCCC/C=C\C/C=C\C/C=C\CCCCCCCCCCCCCCCCCCCCC(=O)OCC(COC(=O)CCCCCCCCCCCCC)OC(=O)CCCCCCCCCCCCCCCCCCC. The molecule has 0 saturated heterocycles. The fraction of sp³-hybridized carbons (Fsp3) is 0.877. The summed E-state index contributed by atoms with van der Waals surface area (Å²) in [7, 11) is 0. The van der Waals surface area contributed by atoms with Crippen molar-refractivity contribution in [2.45, 2.75) is 399 Å². The van der Waals surface area contributed by atoms with Crippen LogP contribution in [0.3, 0.4) is 0 Å². The van der Waals surface area contributed by atoms with E-state index in [1.165, 1.54) is 283 Å². The third kappa shape index (κ3) is 66.3. The predicted molar refractivity (Wildman–Crippen MR) is 344 cm³/mol. The Bertz CT molecular complexity index is 1320. The first-order chi connectivity index (χ1) is 39.0. The molecule has 0 aromatic carbocycles. The Morgan fingerprint density at radius 3 is 0.709 bits per heavy atom. The summed E-state index contributed by atoms with van der Waals surface area (Å²) in [5, 5.41) is 0. The zero-order valence-corrected chi connectivity index (χ0v) is 53.4. The fourth-order valence-corrected chi connectivity index (χ4v) is 10.8. The molecule has 6 heteroatoms. The van der Waals surface area contributed by atoms with E-state index in [1.54, 1.807) is 0 Å². The highest BCUT2D eigenvalue weighted by Crippen LogP contribution is 2.19. The molecular formula is C73H136O6. The van der Waals surface area contributed by atoms with Gasteiger partial charge in [0.05, 0.1) is 0 Å². The van der Waals surface area contributed by atoms with Crippen LogP contribution in [-0.2, 0) is 28.6 Å². The number of hydrogen-bond donors (Lipinski definition) is 0. The van der Waals surface area contributed by atoms with Crippen LogP contribution in [0.4, 0.5) is 0 Å². The molecule has 0 saturated carbocycles. The molecule has 0 aliphatic rings. The lowest BCUT2D eigenvalue weighted by Gasteiger charge is -2.18. The molecule has 0 aliphatic heterocycles. The van der Waals surface area contributed by atoms with Gasteiger partial charge in [-0.2, -0.15) is 0 Å². The molecule has 0 rings (SSSR count). The van der Waals surface area contributed by atoms with Gasteiger partial charge in [0, 0.05) is 19.3 Å². The Labute approximate surface area is 493 Å². The van der Waals surface area contributed by atoms with Gasteiger partial charge in [0.2, 0.25) is 0 Å². The molecule has 0 amide bonds. The van der Waals surface area contributed by atoms with Crippen LogP contribution in [0.15, 0.2) is 36.5 Å². The summed E-state index contributed by atoms with van der Waals surface area (Å²) in [6.45, 7) is 6.69. The Morgan fingerprint density at radius 1 is 0.253 bits per heavy atom. The maximum Gasteiger partial charge on any atom is 0.306 e. The van der Waals surface area contributed by atoms with Gasteiger partial charge in [0.25, 0.3) is 0 Å². The van der Waals surface area contributed by atoms with Crippen LogP contribution in [0.25, 0.3) is 0 Å². The van der Waals surface area contributed by atoms with Gasteiger partial charge in [-0.15, -0.1) is 0 Å². The van der Waals surface area contributed by atoms with Gasteiger partial charge in [-0.05, 0) is 57.8 Å². The van der Waals surface area contributed by atoms with E-state index >= 15 is 0 Å². The Balaban J connectivity index is 4.08. The monoisotopic (exact) mass is 1110 g/mol. The smallest absolute Gasteiger partial charge is 0.306 e. The van der Waals surface area contributed by atoms with Crippen LogP contribution in [-0.4, -0.2) is 37.2 Å². The van der Waals surface area contributed by atoms with Crippen LogP contribution in [0.1, 0.15) is 393 Å². The lowest BCUT2D eigenvalue weighted by molar-refractivity contribution is -0.167. The topological polar surface area (TPSA) is 78.9 Å². The lowest BCUT2D eigenvalue weighted by Crippen LogP contribution is -2.30. The highest BCUT2D eigenvalue weighted by molar-refractivity contribution is 5.71. The number of hydrogen-bond acceptors (Lipinski definition) is 6. The quantitative estimate of drug-likeness (QED) is 0.0261. The van der Waals surface area contributed by atoms with E-state index in [1.807, 2.05) is 0 Å². The molecule has 79 heavy (non-hydrogen) atoms. The van der Waals surface area contributed by atoms with Crippen LogP contribution in [0.5, 0.6) is 0 Å². The normalized spacial score (nSPS) is 12.2. The standard InChI is InChI=1S/C73H136O6/c1-4-7-10-13-16-19-22-24-26-28-29-30-31-32-33-34-35-36-37-38-39-40-41-42-43-45-46-48-51-54-57-60-63-66-72(75)78-69-70(68-77-71(74)65-62-59-56-53-50-21-18-15-12-9-6-3)79-73(76)67-64-61-58-55-52-49-47-44-27-25-23-20-17-14-11-8-5-2/h22,24,28-29,31-32,70H,4-21,23,25-27,30,33-69H2,1-3H3/b24-22-,29-28-,32-31-. The highest BCUT2D eigenvalue weighted by atomic mass is 16.6.